The summed E-state index contributed by atoms with van der Waals surface area (Å²) < 4.78 is 0. The third kappa shape index (κ3) is 3.96. The molecule has 1 aliphatic carbocycles. The van der Waals surface area contributed by atoms with Gasteiger partial charge in [0, 0.05) is 50.0 Å². The Labute approximate surface area is 151 Å². The van der Waals surface area contributed by atoms with E-state index < -0.39 is 0 Å². The fraction of sp³-hybridized carbons (Fsp3) is 0.571. The van der Waals surface area contributed by atoms with Crippen LogP contribution in [0.1, 0.15) is 43.5 Å². The molecule has 0 amide bonds. The standard InChI is InChI=1S/C21H30N4/c1-17-20(23-21(22-17)18-8-4-2-5-9-18)16-24-12-14-25(15-13-24)19-10-6-3-7-11-19/h2,4-5,8-9,19H,3,6-7,10-16H2,1H3,(H,22,23). The zero-order chi connectivity index (χ0) is 17.1. The lowest BCUT2D eigenvalue weighted by atomic mass is 9.94. The largest absolute Gasteiger partial charge is 0.342 e. The Morgan fingerprint density at radius 3 is 2.44 bits per heavy atom. The number of aromatic amines is 1. The molecule has 1 aromatic carbocycles. The van der Waals surface area contributed by atoms with E-state index >= 15 is 0 Å². The molecule has 1 N–H and O–H groups in total. The van der Waals surface area contributed by atoms with Crippen molar-refractivity contribution in [3.05, 3.63) is 41.7 Å². The molecule has 0 spiro atoms. The molecule has 2 aromatic rings. The quantitative estimate of drug-likeness (QED) is 0.920. The molecule has 2 fully saturated rings. The van der Waals surface area contributed by atoms with Gasteiger partial charge in [-0.3, -0.25) is 9.80 Å². The fourth-order valence-electron chi connectivity index (χ4n) is 4.33. The van der Waals surface area contributed by atoms with Crippen LogP contribution in [-0.4, -0.2) is 52.0 Å². The van der Waals surface area contributed by atoms with Crippen LogP contribution in [0.4, 0.5) is 0 Å². The number of benzene rings is 1. The number of piperazine rings is 1. The highest BCUT2D eigenvalue weighted by Gasteiger charge is 2.25. The maximum atomic E-state index is 4.87. The van der Waals surface area contributed by atoms with Crippen LogP contribution in [0.2, 0.25) is 0 Å². The fourth-order valence-corrected chi connectivity index (χ4v) is 4.33. The second kappa shape index (κ2) is 7.71. The van der Waals surface area contributed by atoms with E-state index in [-0.39, 0.29) is 0 Å². The van der Waals surface area contributed by atoms with Crippen molar-refractivity contribution in [3.63, 3.8) is 0 Å². The Hall–Kier alpha value is -1.65. The van der Waals surface area contributed by atoms with Gasteiger partial charge in [0.1, 0.15) is 5.82 Å². The highest BCUT2D eigenvalue weighted by Crippen LogP contribution is 2.24. The van der Waals surface area contributed by atoms with Crippen LogP contribution in [0.25, 0.3) is 11.4 Å². The van der Waals surface area contributed by atoms with E-state index in [9.17, 15) is 0 Å². The summed E-state index contributed by atoms with van der Waals surface area (Å²) >= 11 is 0. The first kappa shape index (κ1) is 16.8. The number of nitrogens with one attached hydrogen (secondary N) is 1. The highest BCUT2D eigenvalue weighted by atomic mass is 15.3. The van der Waals surface area contributed by atoms with Gasteiger partial charge in [-0.15, -0.1) is 0 Å². The molecule has 4 rings (SSSR count). The summed E-state index contributed by atoms with van der Waals surface area (Å²) in [5.41, 5.74) is 3.57. The topological polar surface area (TPSA) is 35.2 Å². The van der Waals surface area contributed by atoms with Crippen molar-refractivity contribution in [2.45, 2.75) is 51.6 Å². The van der Waals surface area contributed by atoms with Crippen molar-refractivity contribution >= 4 is 0 Å². The number of imidazole rings is 1. The number of rotatable bonds is 4. The first-order chi connectivity index (χ1) is 12.3. The van der Waals surface area contributed by atoms with Crippen LogP contribution in [-0.2, 0) is 6.54 Å². The van der Waals surface area contributed by atoms with Gasteiger partial charge in [0.25, 0.3) is 0 Å². The minimum atomic E-state index is 0.854. The molecule has 2 aliphatic rings. The van der Waals surface area contributed by atoms with Crippen molar-refractivity contribution in [2.24, 2.45) is 0 Å². The van der Waals surface area contributed by atoms with Crippen molar-refractivity contribution in [1.82, 2.24) is 19.8 Å². The third-order valence-electron chi connectivity index (χ3n) is 5.90. The monoisotopic (exact) mass is 338 g/mol. The summed E-state index contributed by atoms with van der Waals surface area (Å²) in [6.07, 6.45) is 7.13. The second-order valence-electron chi connectivity index (χ2n) is 7.63. The molecule has 1 saturated heterocycles. The molecular formula is C21H30N4. The summed E-state index contributed by atoms with van der Waals surface area (Å²) in [7, 11) is 0. The molecule has 4 heteroatoms. The van der Waals surface area contributed by atoms with Crippen LogP contribution >= 0.6 is 0 Å². The molecule has 4 nitrogen and oxygen atoms in total. The molecular weight excluding hydrogens is 308 g/mol. The van der Waals surface area contributed by atoms with Gasteiger partial charge >= 0.3 is 0 Å². The van der Waals surface area contributed by atoms with E-state index in [0.717, 1.165) is 18.4 Å². The van der Waals surface area contributed by atoms with Crippen LogP contribution in [0.3, 0.4) is 0 Å². The van der Waals surface area contributed by atoms with E-state index in [2.05, 4.69) is 46.0 Å². The second-order valence-corrected chi connectivity index (χ2v) is 7.63. The van der Waals surface area contributed by atoms with E-state index in [0.29, 0.717) is 0 Å². The smallest absolute Gasteiger partial charge is 0.137 e. The van der Waals surface area contributed by atoms with Crippen molar-refractivity contribution in [3.8, 4) is 11.4 Å². The minimum Gasteiger partial charge on any atom is -0.342 e. The van der Waals surface area contributed by atoms with E-state index in [1.54, 1.807) is 0 Å². The molecule has 0 unspecified atom stereocenters. The number of H-pyrrole nitrogens is 1. The molecule has 134 valence electrons. The number of nitrogens with zero attached hydrogens (tertiary/aromatic N) is 3. The van der Waals surface area contributed by atoms with E-state index in [4.69, 9.17) is 4.98 Å². The molecule has 1 saturated carbocycles. The lowest BCUT2D eigenvalue weighted by Gasteiger charge is -2.40. The normalized spacial score (nSPS) is 20.8. The molecule has 0 radical (unpaired) electrons. The predicted molar refractivity (Wildman–Crippen MR) is 102 cm³/mol. The average Bonchev–Trinajstić information content (AvgIpc) is 3.04. The SMILES string of the molecule is Cc1[nH]c(-c2ccccc2)nc1CN1CCN(C2CCCCC2)CC1. The minimum absolute atomic E-state index is 0.854. The first-order valence-corrected chi connectivity index (χ1v) is 9.87. The molecule has 1 aliphatic heterocycles. The summed E-state index contributed by atoms with van der Waals surface area (Å²) in [4.78, 5) is 13.6. The summed E-state index contributed by atoms with van der Waals surface area (Å²) in [6.45, 7) is 7.90. The zero-order valence-corrected chi connectivity index (χ0v) is 15.4. The predicted octanol–water partition coefficient (Wildman–Crippen LogP) is 3.84. The van der Waals surface area contributed by atoms with Crippen molar-refractivity contribution in [1.29, 1.82) is 0 Å². The van der Waals surface area contributed by atoms with Gasteiger partial charge in [-0.1, -0.05) is 49.6 Å². The Bertz CT molecular complexity index is 664. The molecule has 1 aromatic heterocycles. The summed E-state index contributed by atoms with van der Waals surface area (Å²) in [5, 5.41) is 0. The Balaban J connectivity index is 1.35. The highest BCUT2D eigenvalue weighted by molar-refractivity contribution is 5.55. The van der Waals surface area contributed by atoms with Gasteiger partial charge in [-0.2, -0.15) is 0 Å². The van der Waals surface area contributed by atoms with Crippen LogP contribution in [0, 0.1) is 6.92 Å². The summed E-state index contributed by atoms with van der Waals surface area (Å²) in [5.74, 6) is 0.994. The van der Waals surface area contributed by atoms with Crippen molar-refractivity contribution in [2.75, 3.05) is 26.2 Å². The molecule has 0 bridgehead atoms. The van der Waals surface area contributed by atoms with Gasteiger partial charge in [0.05, 0.1) is 5.69 Å². The maximum Gasteiger partial charge on any atom is 0.137 e. The van der Waals surface area contributed by atoms with Gasteiger partial charge in [-0.05, 0) is 19.8 Å². The van der Waals surface area contributed by atoms with Gasteiger partial charge in [0.15, 0.2) is 0 Å². The zero-order valence-electron chi connectivity index (χ0n) is 15.4. The van der Waals surface area contributed by atoms with Crippen molar-refractivity contribution < 1.29 is 0 Å². The number of hydrogen-bond acceptors (Lipinski definition) is 3. The number of aromatic nitrogens is 2. The first-order valence-electron chi connectivity index (χ1n) is 9.87. The average molecular weight is 338 g/mol. The molecule has 25 heavy (non-hydrogen) atoms. The van der Waals surface area contributed by atoms with Gasteiger partial charge < -0.3 is 4.98 Å². The van der Waals surface area contributed by atoms with Crippen LogP contribution < -0.4 is 0 Å². The maximum absolute atomic E-state index is 4.87. The van der Waals surface area contributed by atoms with Gasteiger partial charge in [-0.25, -0.2) is 4.98 Å². The lowest BCUT2D eigenvalue weighted by molar-refractivity contribution is 0.0749. The Kier molecular flexibility index (Phi) is 5.18. The summed E-state index contributed by atoms with van der Waals surface area (Å²) in [6, 6.07) is 11.3. The number of hydrogen-bond donors (Lipinski definition) is 1. The Morgan fingerprint density at radius 2 is 1.72 bits per heavy atom. The molecule has 0 atom stereocenters. The van der Waals surface area contributed by atoms with E-state index in [1.165, 1.54) is 75.2 Å². The third-order valence-corrected chi connectivity index (χ3v) is 5.90. The van der Waals surface area contributed by atoms with E-state index in [1.807, 2.05) is 6.07 Å². The van der Waals surface area contributed by atoms with Crippen LogP contribution in [0.5, 0.6) is 0 Å². The number of aryl methyl sites for hydroxylation is 1. The lowest BCUT2D eigenvalue weighted by Crippen LogP contribution is -2.50. The molecule has 2 heterocycles. The van der Waals surface area contributed by atoms with Crippen LogP contribution in [0.15, 0.2) is 30.3 Å². The Morgan fingerprint density at radius 1 is 1.00 bits per heavy atom. The van der Waals surface area contributed by atoms with Gasteiger partial charge in [0.2, 0.25) is 0 Å².